The Labute approximate surface area is 154 Å². The molecule has 134 valence electrons. The van der Waals surface area contributed by atoms with E-state index in [-0.39, 0.29) is 11.3 Å². The molecular weight excluding hydrogens is 344 g/mol. The van der Waals surface area contributed by atoms with Crippen LogP contribution in [0.3, 0.4) is 0 Å². The van der Waals surface area contributed by atoms with Gasteiger partial charge in [0.25, 0.3) is 0 Å². The highest BCUT2D eigenvalue weighted by Gasteiger charge is 2.06. The zero-order valence-corrected chi connectivity index (χ0v) is 14.2. The fraction of sp³-hybridized carbons (Fsp3) is 0. The topological polar surface area (TPSA) is 94.8 Å². The summed E-state index contributed by atoms with van der Waals surface area (Å²) in [6.07, 6.45) is 0. The van der Waals surface area contributed by atoms with Crippen LogP contribution in [0.5, 0.6) is 5.75 Å². The van der Waals surface area contributed by atoms with Gasteiger partial charge in [0.05, 0.1) is 11.1 Å². The smallest absolute Gasteiger partial charge is 0.336 e. The van der Waals surface area contributed by atoms with Crippen LogP contribution in [0.2, 0.25) is 0 Å². The van der Waals surface area contributed by atoms with Crippen LogP contribution in [-0.2, 0) is 0 Å². The van der Waals surface area contributed by atoms with Gasteiger partial charge in [-0.2, -0.15) is 0 Å². The number of fused-ring (bicyclic) bond motifs is 2. The third kappa shape index (κ3) is 4.04. The van der Waals surface area contributed by atoms with Crippen molar-refractivity contribution in [3.63, 3.8) is 0 Å². The molecular formula is C22H16O5. The molecule has 0 amide bonds. The third-order valence-corrected chi connectivity index (χ3v) is 4.09. The predicted octanol–water partition coefficient (Wildman–Crippen LogP) is 4.78. The van der Waals surface area contributed by atoms with Gasteiger partial charge in [0, 0.05) is 0 Å². The number of carboxylic acids is 2. The first-order valence-electron chi connectivity index (χ1n) is 8.13. The zero-order valence-electron chi connectivity index (χ0n) is 14.2. The average molecular weight is 360 g/mol. The van der Waals surface area contributed by atoms with E-state index in [0.717, 1.165) is 21.5 Å². The van der Waals surface area contributed by atoms with Crippen LogP contribution in [0, 0.1) is 0 Å². The number of carbonyl (C=O) groups is 2. The minimum absolute atomic E-state index is 0.181. The Balaban J connectivity index is 0.000000156. The number of benzene rings is 4. The molecule has 4 aromatic carbocycles. The van der Waals surface area contributed by atoms with Gasteiger partial charge < -0.3 is 15.3 Å². The van der Waals surface area contributed by atoms with Crippen molar-refractivity contribution in [1.82, 2.24) is 0 Å². The Bertz CT molecular complexity index is 1140. The van der Waals surface area contributed by atoms with Gasteiger partial charge in [-0.05, 0) is 51.9 Å². The summed E-state index contributed by atoms with van der Waals surface area (Å²) in [6.45, 7) is 0. The second kappa shape index (κ2) is 7.58. The van der Waals surface area contributed by atoms with Gasteiger partial charge in [0.2, 0.25) is 0 Å². The van der Waals surface area contributed by atoms with Crippen molar-refractivity contribution >= 4 is 33.5 Å². The van der Waals surface area contributed by atoms with Crippen molar-refractivity contribution in [3.05, 3.63) is 90.0 Å². The van der Waals surface area contributed by atoms with Gasteiger partial charge in [-0.25, -0.2) is 9.59 Å². The summed E-state index contributed by atoms with van der Waals surface area (Å²) >= 11 is 0. The van der Waals surface area contributed by atoms with E-state index in [1.54, 1.807) is 36.4 Å². The van der Waals surface area contributed by atoms with Crippen LogP contribution >= 0.6 is 0 Å². The molecule has 0 saturated carbocycles. The van der Waals surface area contributed by atoms with Crippen molar-refractivity contribution in [1.29, 1.82) is 0 Å². The summed E-state index contributed by atoms with van der Waals surface area (Å²) in [4.78, 5) is 21.5. The first kappa shape index (κ1) is 17.9. The van der Waals surface area contributed by atoms with Crippen molar-refractivity contribution in [3.8, 4) is 5.75 Å². The van der Waals surface area contributed by atoms with E-state index in [2.05, 4.69) is 0 Å². The number of rotatable bonds is 2. The summed E-state index contributed by atoms with van der Waals surface area (Å²) in [5, 5.41) is 30.2. The molecule has 0 heterocycles. The molecule has 0 unspecified atom stereocenters. The summed E-state index contributed by atoms with van der Waals surface area (Å²) in [5.41, 5.74) is 0.612. The molecule has 0 fully saturated rings. The third-order valence-electron chi connectivity index (χ3n) is 4.09. The Morgan fingerprint density at radius 2 is 1.30 bits per heavy atom. The maximum atomic E-state index is 10.8. The van der Waals surface area contributed by atoms with Gasteiger partial charge in [0.15, 0.2) is 0 Å². The van der Waals surface area contributed by atoms with Gasteiger partial charge in [-0.1, -0.05) is 48.5 Å². The van der Waals surface area contributed by atoms with E-state index < -0.39 is 11.9 Å². The van der Waals surface area contributed by atoms with Gasteiger partial charge >= 0.3 is 11.9 Å². The maximum absolute atomic E-state index is 10.8. The SMILES string of the molecule is O=C(O)c1ccc2cc(O)ccc2c1.O=C(O)c1cccc2ccccc12. The Hall–Kier alpha value is -3.86. The monoisotopic (exact) mass is 360 g/mol. The standard InChI is InChI=1S/C11H8O3.C11H8O2/c12-10-4-3-7-5-9(11(13)14)2-1-8(7)6-10;12-11(13)10-7-3-5-8-4-1-2-6-9(8)10/h1-6,12H,(H,13,14);1-7H,(H,12,13). The van der Waals surface area contributed by atoms with Crippen LogP contribution in [0.1, 0.15) is 20.7 Å². The van der Waals surface area contributed by atoms with Crippen molar-refractivity contribution in [2.75, 3.05) is 0 Å². The lowest BCUT2D eigenvalue weighted by Gasteiger charge is -2.00. The second-order valence-electron chi connectivity index (χ2n) is 5.88. The molecule has 5 heteroatoms. The van der Waals surface area contributed by atoms with E-state index >= 15 is 0 Å². The van der Waals surface area contributed by atoms with Crippen LogP contribution in [0.15, 0.2) is 78.9 Å². The summed E-state index contributed by atoms with van der Waals surface area (Å²) in [7, 11) is 0. The number of phenolic OH excluding ortho intramolecular Hbond substituents is 1. The van der Waals surface area contributed by atoms with E-state index in [1.807, 2.05) is 30.3 Å². The first-order chi connectivity index (χ1) is 13.0. The first-order valence-corrected chi connectivity index (χ1v) is 8.13. The maximum Gasteiger partial charge on any atom is 0.336 e. The fourth-order valence-corrected chi connectivity index (χ4v) is 2.78. The number of carboxylic acid groups (broad SMARTS) is 2. The summed E-state index contributed by atoms with van der Waals surface area (Å²) in [6, 6.07) is 22.3. The van der Waals surface area contributed by atoms with E-state index in [0.29, 0.717) is 5.56 Å². The molecule has 0 aliphatic heterocycles. The number of phenols is 1. The molecule has 0 aliphatic carbocycles. The highest BCUT2D eigenvalue weighted by Crippen LogP contribution is 2.21. The van der Waals surface area contributed by atoms with E-state index in [1.165, 1.54) is 12.1 Å². The minimum atomic E-state index is -0.944. The Morgan fingerprint density at radius 3 is 2.04 bits per heavy atom. The quantitative estimate of drug-likeness (QED) is 0.478. The molecule has 4 rings (SSSR count). The molecule has 4 aromatic rings. The molecule has 0 saturated heterocycles. The largest absolute Gasteiger partial charge is 0.508 e. The second-order valence-corrected chi connectivity index (χ2v) is 5.88. The number of hydrogen-bond donors (Lipinski definition) is 3. The zero-order chi connectivity index (χ0) is 19.4. The Morgan fingerprint density at radius 1 is 0.630 bits per heavy atom. The minimum Gasteiger partial charge on any atom is -0.508 e. The number of aromatic hydroxyl groups is 1. The fourth-order valence-electron chi connectivity index (χ4n) is 2.78. The molecule has 0 bridgehead atoms. The molecule has 0 aromatic heterocycles. The number of hydrogen-bond acceptors (Lipinski definition) is 3. The van der Waals surface area contributed by atoms with E-state index in [4.69, 9.17) is 10.2 Å². The molecule has 27 heavy (non-hydrogen) atoms. The molecule has 3 N–H and O–H groups in total. The van der Waals surface area contributed by atoms with Gasteiger partial charge in [-0.15, -0.1) is 0 Å². The molecule has 0 aliphatic rings. The Kier molecular flexibility index (Phi) is 5.04. The molecule has 5 nitrogen and oxygen atoms in total. The predicted molar refractivity (Wildman–Crippen MR) is 103 cm³/mol. The van der Waals surface area contributed by atoms with Crippen LogP contribution in [0.4, 0.5) is 0 Å². The van der Waals surface area contributed by atoms with E-state index in [9.17, 15) is 14.7 Å². The average Bonchev–Trinajstić information content (AvgIpc) is 2.67. The van der Waals surface area contributed by atoms with Crippen molar-refractivity contribution < 1.29 is 24.9 Å². The van der Waals surface area contributed by atoms with Crippen molar-refractivity contribution in [2.45, 2.75) is 0 Å². The highest BCUT2D eigenvalue weighted by molar-refractivity contribution is 6.03. The summed E-state index contributed by atoms with van der Waals surface area (Å²) < 4.78 is 0. The normalized spacial score (nSPS) is 10.2. The highest BCUT2D eigenvalue weighted by atomic mass is 16.4. The molecule has 0 spiro atoms. The number of aromatic carboxylic acids is 2. The van der Waals surface area contributed by atoms with Gasteiger partial charge in [-0.3, -0.25) is 0 Å². The van der Waals surface area contributed by atoms with Crippen LogP contribution < -0.4 is 0 Å². The lowest BCUT2D eigenvalue weighted by molar-refractivity contribution is 0.0687. The summed E-state index contributed by atoms with van der Waals surface area (Å²) in [5.74, 6) is -1.64. The lowest BCUT2D eigenvalue weighted by Crippen LogP contribution is -1.96. The van der Waals surface area contributed by atoms with Crippen LogP contribution in [-0.4, -0.2) is 27.3 Å². The van der Waals surface area contributed by atoms with Crippen molar-refractivity contribution in [2.24, 2.45) is 0 Å². The van der Waals surface area contributed by atoms with Gasteiger partial charge in [0.1, 0.15) is 5.75 Å². The molecule has 0 atom stereocenters. The van der Waals surface area contributed by atoms with Crippen LogP contribution in [0.25, 0.3) is 21.5 Å². The molecule has 0 radical (unpaired) electrons. The lowest BCUT2D eigenvalue weighted by atomic mass is 10.1.